The van der Waals surface area contributed by atoms with Gasteiger partial charge in [-0.1, -0.05) is 36.4 Å². The number of benzene rings is 3. The Morgan fingerprint density at radius 3 is 2.44 bits per heavy atom. The molecule has 0 unspecified atom stereocenters. The van der Waals surface area contributed by atoms with Crippen molar-refractivity contribution in [1.82, 2.24) is 9.55 Å². The van der Waals surface area contributed by atoms with Crippen LogP contribution in [0.5, 0.6) is 5.75 Å². The van der Waals surface area contributed by atoms with Crippen molar-refractivity contribution >= 4 is 11.0 Å². The van der Waals surface area contributed by atoms with Gasteiger partial charge in [-0.3, -0.25) is 4.57 Å². The zero-order chi connectivity index (χ0) is 17.1. The molecule has 0 aliphatic heterocycles. The fourth-order valence-corrected chi connectivity index (χ4v) is 2.90. The van der Waals surface area contributed by atoms with Crippen LogP contribution in [0.1, 0.15) is 0 Å². The van der Waals surface area contributed by atoms with E-state index in [1.165, 1.54) is 5.56 Å². The normalized spacial score (nSPS) is 10.9. The van der Waals surface area contributed by atoms with Crippen molar-refractivity contribution in [2.45, 2.75) is 0 Å². The summed E-state index contributed by atoms with van der Waals surface area (Å²) in [6.07, 6.45) is 1.84. The maximum Gasteiger partial charge on any atom is 0.119 e. The number of hydrogen-bond acceptors (Lipinski definition) is 3. The summed E-state index contributed by atoms with van der Waals surface area (Å²) >= 11 is 0. The van der Waals surface area contributed by atoms with Crippen LogP contribution >= 0.6 is 0 Å². The molecule has 3 aromatic carbocycles. The highest BCUT2D eigenvalue weighted by Gasteiger charge is 2.07. The Balaban J connectivity index is 1.67. The summed E-state index contributed by atoms with van der Waals surface area (Å²) in [6.45, 7) is 0.313. The van der Waals surface area contributed by atoms with Gasteiger partial charge < -0.3 is 9.84 Å². The molecule has 1 N–H and O–H groups in total. The second kappa shape index (κ2) is 6.79. The Kier molecular flexibility index (Phi) is 4.19. The number of imidazole rings is 1. The Bertz CT molecular complexity index is 976. The third kappa shape index (κ3) is 3.12. The summed E-state index contributed by atoms with van der Waals surface area (Å²) < 4.78 is 7.46. The summed E-state index contributed by atoms with van der Waals surface area (Å²) in [6, 6.07) is 24.4. The van der Waals surface area contributed by atoms with Crippen molar-refractivity contribution in [3.8, 4) is 22.6 Å². The average Bonchev–Trinajstić information content (AvgIpc) is 3.10. The molecule has 0 radical (unpaired) electrons. The van der Waals surface area contributed by atoms with Crippen LogP contribution in [0, 0.1) is 0 Å². The van der Waals surface area contributed by atoms with E-state index in [9.17, 15) is 0 Å². The first-order valence-electron chi connectivity index (χ1n) is 8.22. The summed E-state index contributed by atoms with van der Waals surface area (Å²) in [4.78, 5) is 4.55. The Morgan fingerprint density at radius 2 is 1.68 bits per heavy atom. The lowest BCUT2D eigenvalue weighted by Crippen LogP contribution is -2.01. The highest BCUT2D eigenvalue weighted by molar-refractivity contribution is 5.83. The van der Waals surface area contributed by atoms with Gasteiger partial charge in [0.15, 0.2) is 0 Å². The summed E-state index contributed by atoms with van der Waals surface area (Å²) in [5, 5.41) is 8.82. The Hall–Kier alpha value is -3.11. The van der Waals surface area contributed by atoms with E-state index < -0.39 is 0 Å². The maximum absolute atomic E-state index is 8.82. The molecular formula is C21H18N2O2. The van der Waals surface area contributed by atoms with Crippen molar-refractivity contribution < 1.29 is 9.84 Å². The van der Waals surface area contributed by atoms with Gasteiger partial charge in [-0.25, -0.2) is 4.98 Å². The van der Waals surface area contributed by atoms with E-state index in [1.807, 2.05) is 48.8 Å². The predicted octanol–water partition coefficient (Wildman–Crippen LogP) is 4.06. The maximum atomic E-state index is 8.82. The standard InChI is InChI=1S/C21H18N2O2/c24-12-13-25-19-9-7-18(8-10-19)23-15-22-20-14-17(6-11-21(20)23)16-4-2-1-3-5-16/h1-11,14-15,24H,12-13H2. The van der Waals surface area contributed by atoms with Gasteiger partial charge in [0.25, 0.3) is 0 Å². The number of fused-ring (bicyclic) bond motifs is 1. The van der Waals surface area contributed by atoms with E-state index in [0.29, 0.717) is 6.61 Å². The topological polar surface area (TPSA) is 47.3 Å². The van der Waals surface area contributed by atoms with Crippen LogP contribution in [0.3, 0.4) is 0 Å². The number of nitrogens with zero attached hydrogens (tertiary/aromatic N) is 2. The minimum Gasteiger partial charge on any atom is -0.491 e. The van der Waals surface area contributed by atoms with Gasteiger partial charge in [-0.05, 0) is 47.5 Å². The van der Waals surface area contributed by atoms with E-state index >= 15 is 0 Å². The van der Waals surface area contributed by atoms with Gasteiger partial charge in [0.05, 0.1) is 17.6 Å². The van der Waals surface area contributed by atoms with E-state index in [2.05, 4.69) is 39.9 Å². The van der Waals surface area contributed by atoms with Crippen LogP contribution in [0.15, 0.2) is 79.1 Å². The molecule has 0 saturated carbocycles. The van der Waals surface area contributed by atoms with Crippen LogP contribution in [-0.4, -0.2) is 27.9 Å². The van der Waals surface area contributed by atoms with Crippen molar-refractivity contribution in [3.63, 3.8) is 0 Å². The highest BCUT2D eigenvalue weighted by atomic mass is 16.5. The van der Waals surface area contributed by atoms with Gasteiger partial charge >= 0.3 is 0 Å². The fraction of sp³-hybridized carbons (Fsp3) is 0.0952. The SMILES string of the molecule is OCCOc1ccc(-n2cnc3cc(-c4ccccc4)ccc32)cc1. The van der Waals surface area contributed by atoms with Gasteiger partial charge in [-0.2, -0.15) is 0 Å². The summed E-state index contributed by atoms with van der Waals surface area (Å²) in [5.41, 5.74) is 5.38. The number of aliphatic hydroxyl groups is 1. The molecule has 124 valence electrons. The van der Waals surface area contributed by atoms with Crippen molar-refractivity contribution in [2.24, 2.45) is 0 Å². The molecule has 0 bridgehead atoms. The molecule has 4 aromatic rings. The molecule has 4 rings (SSSR count). The number of hydrogen-bond donors (Lipinski definition) is 1. The second-order valence-electron chi connectivity index (χ2n) is 5.75. The van der Waals surface area contributed by atoms with Gasteiger partial charge in [0.1, 0.15) is 18.7 Å². The first-order chi connectivity index (χ1) is 12.3. The number of rotatable bonds is 5. The van der Waals surface area contributed by atoms with Crippen molar-refractivity contribution in [1.29, 1.82) is 0 Å². The lowest BCUT2D eigenvalue weighted by Gasteiger charge is -2.08. The molecule has 1 aromatic heterocycles. The molecular weight excluding hydrogens is 312 g/mol. The summed E-state index contributed by atoms with van der Waals surface area (Å²) in [5.74, 6) is 0.744. The van der Waals surface area contributed by atoms with Crippen molar-refractivity contribution in [3.05, 3.63) is 79.1 Å². The number of aliphatic hydroxyl groups excluding tert-OH is 1. The van der Waals surface area contributed by atoms with Crippen LogP contribution in [0.2, 0.25) is 0 Å². The monoisotopic (exact) mass is 330 g/mol. The molecule has 0 saturated heterocycles. The largest absolute Gasteiger partial charge is 0.491 e. The zero-order valence-corrected chi connectivity index (χ0v) is 13.7. The molecule has 0 amide bonds. The zero-order valence-electron chi connectivity index (χ0n) is 13.7. The van der Waals surface area contributed by atoms with Crippen LogP contribution in [0.4, 0.5) is 0 Å². The number of ether oxygens (including phenoxy) is 1. The molecule has 0 atom stereocenters. The van der Waals surface area contributed by atoms with Crippen molar-refractivity contribution in [2.75, 3.05) is 13.2 Å². The van der Waals surface area contributed by atoms with E-state index in [4.69, 9.17) is 9.84 Å². The Morgan fingerprint density at radius 1 is 0.880 bits per heavy atom. The van der Waals surface area contributed by atoms with Gasteiger partial charge in [0.2, 0.25) is 0 Å². The molecule has 1 heterocycles. The molecule has 4 heteroatoms. The Labute approximate surface area is 146 Å². The minimum atomic E-state index is 0.0116. The first-order valence-corrected chi connectivity index (χ1v) is 8.22. The smallest absolute Gasteiger partial charge is 0.119 e. The fourth-order valence-electron chi connectivity index (χ4n) is 2.90. The predicted molar refractivity (Wildman–Crippen MR) is 99.1 cm³/mol. The number of aromatic nitrogens is 2. The lowest BCUT2D eigenvalue weighted by molar-refractivity contribution is 0.201. The van der Waals surface area contributed by atoms with Gasteiger partial charge in [0, 0.05) is 5.69 Å². The first kappa shape index (κ1) is 15.4. The third-order valence-electron chi connectivity index (χ3n) is 4.13. The highest BCUT2D eigenvalue weighted by Crippen LogP contribution is 2.26. The molecule has 0 fully saturated rings. The van der Waals surface area contributed by atoms with E-state index in [1.54, 1.807) is 0 Å². The third-order valence-corrected chi connectivity index (χ3v) is 4.13. The van der Waals surface area contributed by atoms with Gasteiger partial charge in [-0.15, -0.1) is 0 Å². The molecule has 4 nitrogen and oxygen atoms in total. The minimum absolute atomic E-state index is 0.0116. The molecule has 0 aliphatic carbocycles. The van der Waals surface area contributed by atoms with E-state index in [0.717, 1.165) is 28.0 Å². The second-order valence-corrected chi connectivity index (χ2v) is 5.75. The summed E-state index contributed by atoms with van der Waals surface area (Å²) in [7, 11) is 0. The molecule has 25 heavy (non-hydrogen) atoms. The lowest BCUT2D eigenvalue weighted by atomic mass is 10.1. The molecule has 0 aliphatic rings. The van der Waals surface area contributed by atoms with Crippen LogP contribution in [-0.2, 0) is 0 Å². The van der Waals surface area contributed by atoms with E-state index in [-0.39, 0.29) is 6.61 Å². The average molecular weight is 330 g/mol. The van der Waals surface area contributed by atoms with Crippen LogP contribution < -0.4 is 4.74 Å². The van der Waals surface area contributed by atoms with Crippen LogP contribution in [0.25, 0.3) is 27.8 Å². The molecule has 0 spiro atoms. The quantitative estimate of drug-likeness (QED) is 0.600.